The maximum Gasteiger partial charge on any atom is 0.251 e. The number of hydrogen-bond acceptors (Lipinski definition) is 7. The molecule has 0 saturated heterocycles. The molecule has 3 N–H and O–H groups in total. The fourth-order valence-electron chi connectivity index (χ4n) is 4.24. The van der Waals surface area contributed by atoms with E-state index in [1.807, 2.05) is 19.2 Å². The highest BCUT2D eigenvalue weighted by atomic mass is 16.5. The van der Waals surface area contributed by atoms with Gasteiger partial charge in [0.25, 0.3) is 5.91 Å². The van der Waals surface area contributed by atoms with Crippen LogP contribution in [0.1, 0.15) is 89.6 Å². The number of azo groups is 1. The lowest BCUT2D eigenvalue weighted by Gasteiger charge is -2.30. The molecular weight excluding hydrogens is 516 g/mol. The third kappa shape index (κ3) is 14.1. The molecule has 1 amide bonds. The minimum Gasteiger partial charge on any atom is -0.506 e. The summed E-state index contributed by atoms with van der Waals surface area (Å²) in [6.07, 6.45) is 5.85. The van der Waals surface area contributed by atoms with Crippen molar-refractivity contribution in [3.8, 4) is 5.75 Å². The van der Waals surface area contributed by atoms with Gasteiger partial charge in [-0.2, -0.15) is 5.11 Å². The van der Waals surface area contributed by atoms with Crippen LogP contribution in [0, 0.1) is 5.92 Å². The van der Waals surface area contributed by atoms with Gasteiger partial charge in [-0.1, -0.05) is 32.8 Å². The normalized spacial score (nSPS) is 12.4. The molecular formula is C33H52N4O4. The lowest BCUT2D eigenvalue weighted by atomic mass is 9.97. The van der Waals surface area contributed by atoms with Crippen molar-refractivity contribution in [1.82, 2.24) is 10.6 Å². The van der Waals surface area contributed by atoms with Crippen molar-refractivity contribution in [1.29, 1.82) is 0 Å². The summed E-state index contributed by atoms with van der Waals surface area (Å²) < 4.78 is 12.2. The summed E-state index contributed by atoms with van der Waals surface area (Å²) in [5.41, 5.74) is 2.23. The molecule has 8 heteroatoms. The van der Waals surface area contributed by atoms with E-state index >= 15 is 0 Å². The number of phenolic OH excluding ortho intramolecular Hbond substituents is 1. The van der Waals surface area contributed by atoms with Crippen LogP contribution in [0.3, 0.4) is 0 Å². The van der Waals surface area contributed by atoms with Gasteiger partial charge in [-0.3, -0.25) is 4.79 Å². The first-order chi connectivity index (χ1) is 19.4. The summed E-state index contributed by atoms with van der Waals surface area (Å²) in [6, 6.07) is 12.2. The van der Waals surface area contributed by atoms with Crippen molar-refractivity contribution in [3.05, 3.63) is 53.6 Å². The lowest BCUT2D eigenvalue weighted by Crippen LogP contribution is -2.32. The Bertz CT molecular complexity index is 1080. The van der Waals surface area contributed by atoms with E-state index in [9.17, 15) is 9.90 Å². The Hall–Kier alpha value is -2.81. The van der Waals surface area contributed by atoms with Crippen molar-refractivity contribution in [2.45, 2.75) is 91.3 Å². The summed E-state index contributed by atoms with van der Waals surface area (Å²) in [5, 5.41) is 24.5. The number of carbonyl (C=O) groups is 1. The van der Waals surface area contributed by atoms with Gasteiger partial charge in [0.15, 0.2) is 0 Å². The molecule has 0 aliphatic rings. The molecule has 0 aliphatic heterocycles. The summed E-state index contributed by atoms with van der Waals surface area (Å²) >= 11 is 0. The summed E-state index contributed by atoms with van der Waals surface area (Å²) in [7, 11) is 1.90. The van der Waals surface area contributed by atoms with Crippen molar-refractivity contribution < 1.29 is 19.4 Å². The Morgan fingerprint density at radius 3 is 2.27 bits per heavy atom. The number of hydrogen-bond donors (Lipinski definition) is 3. The largest absolute Gasteiger partial charge is 0.506 e. The first-order valence-electron chi connectivity index (χ1n) is 15.0. The molecule has 0 atom stereocenters. The summed E-state index contributed by atoms with van der Waals surface area (Å²) in [5.74, 6) is 0.663. The molecule has 0 radical (unpaired) electrons. The number of benzene rings is 2. The average Bonchev–Trinajstić information content (AvgIpc) is 2.91. The molecule has 41 heavy (non-hydrogen) atoms. The van der Waals surface area contributed by atoms with Crippen LogP contribution in [-0.2, 0) is 15.9 Å². The molecule has 0 fully saturated rings. The highest BCUT2D eigenvalue weighted by molar-refractivity contribution is 5.94. The predicted octanol–water partition coefficient (Wildman–Crippen LogP) is 7.50. The van der Waals surface area contributed by atoms with Crippen LogP contribution in [0.4, 0.5) is 11.4 Å². The van der Waals surface area contributed by atoms with Gasteiger partial charge in [0.1, 0.15) is 11.4 Å². The zero-order valence-corrected chi connectivity index (χ0v) is 26.3. The van der Waals surface area contributed by atoms with Crippen LogP contribution in [0.25, 0.3) is 0 Å². The highest BCUT2D eigenvalue weighted by Gasteiger charge is 2.22. The van der Waals surface area contributed by atoms with E-state index in [0.717, 1.165) is 43.7 Å². The number of aromatic hydroxyl groups is 1. The number of ether oxygens (including phenoxy) is 2. The van der Waals surface area contributed by atoms with Gasteiger partial charge in [0.2, 0.25) is 0 Å². The van der Waals surface area contributed by atoms with Crippen LogP contribution in [-0.4, -0.2) is 55.6 Å². The van der Waals surface area contributed by atoms with E-state index in [0.29, 0.717) is 36.7 Å². The second-order valence-corrected chi connectivity index (χ2v) is 12.3. The number of phenols is 1. The van der Waals surface area contributed by atoms with Crippen LogP contribution < -0.4 is 10.6 Å². The minimum atomic E-state index is -0.284. The molecule has 0 aromatic heterocycles. The third-order valence-electron chi connectivity index (χ3n) is 6.96. The zero-order valence-electron chi connectivity index (χ0n) is 26.3. The van der Waals surface area contributed by atoms with E-state index in [1.54, 1.807) is 30.3 Å². The maximum atomic E-state index is 12.6. The fourth-order valence-corrected chi connectivity index (χ4v) is 4.24. The second kappa shape index (κ2) is 17.2. The fraction of sp³-hybridized carbons (Fsp3) is 0.606. The van der Waals surface area contributed by atoms with Gasteiger partial charge < -0.3 is 25.2 Å². The molecule has 0 spiro atoms. The first kappa shape index (κ1) is 34.4. The SMILES string of the molecule is CNCCc1ccc(O)c(N=Nc2ccc(C(=O)NCCCOC(C)(C)CCOC(C)(C)CCCC(C)C)cc2)c1. The Kier molecular flexibility index (Phi) is 14.4. The Labute approximate surface area is 247 Å². The van der Waals surface area contributed by atoms with Gasteiger partial charge in [0, 0.05) is 18.7 Å². The quantitative estimate of drug-likeness (QED) is 0.120. The third-order valence-corrected chi connectivity index (χ3v) is 6.96. The van der Waals surface area contributed by atoms with E-state index in [-0.39, 0.29) is 22.9 Å². The highest BCUT2D eigenvalue weighted by Crippen LogP contribution is 2.29. The molecule has 0 bridgehead atoms. The van der Waals surface area contributed by atoms with Crippen LogP contribution in [0.2, 0.25) is 0 Å². The molecule has 2 rings (SSSR count). The molecule has 2 aromatic carbocycles. The van der Waals surface area contributed by atoms with Gasteiger partial charge >= 0.3 is 0 Å². The number of nitrogens with one attached hydrogen (secondary N) is 2. The van der Waals surface area contributed by atoms with Crippen LogP contribution in [0.15, 0.2) is 52.7 Å². The maximum absolute atomic E-state index is 12.6. The molecule has 0 aliphatic carbocycles. The lowest BCUT2D eigenvalue weighted by molar-refractivity contribution is -0.0752. The first-order valence-corrected chi connectivity index (χ1v) is 15.0. The van der Waals surface area contributed by atoms with Crippen molar-refractivity contribution in [3.63, 3.8) is 0 Å². The van der Waals surface area contributed by atoms with Gasteiger partial charge in [-0.05, 0) is 115 Å². The van der Waals surface area contributed by atoms with Gasteiger partial charge in [-0.15, -0.1) is 5.11 Å². The molecule has 0 unspecified atom stereocenters. The van der Waals surface area contributed by atoms with Gasteiger partial charge in [-0.25, -0.2) is 0 Å². The topological polar surface area (TPSA) is 105 Å². The smallest absolute Gasteiger partial charge is 0.251 e. The molecule has 2 aromatic rings. The van der Waals surface area contributed by atoms with Crippen LogP contribution in [0.5, 0.6) is 5.75 Å². The predicted molar refractivity (Wildman–Crippen MR) is 167 cm³/mol. The Balaban J connectivity index is 1.70. The zero-order chi connectivity index (χ0) is 30.3. The number of likely N-dealkylation sites (N-methyl/N-ethyl adjacent to an activating group) is 1. The Morgan fingerprint density at radius 1 is 0.902 bits per heavy atom. The molecule has 0 heterocycles. The number of rotatable bonds is 19. The number of carbonyl (C=O) groups excluding carboxylic acids is 1. The van der Waals surface area contributed by atoms with Crippen molar-refractivity contribution in [2.24, 2.45) is 16.1 Å². The molecule has 228 valence electrons. The van der Waals surface area contributed by atoms with Crippen molar-refractivity contribution in [2.75, 3.05) is 33.4 Å². The van der Waals surface area contributed by atoms with E-state index in [4.69, 9.17) is 9.47 Å². The number of amides is 1. The average molecular weight is 569 g/mol. The monoisotopic (exact) mass is 568 g/mol. The second-order valence-electron chi connectivity index (χ2n) is 12.3. The van der Waals surface area contributed by atoms with E-state index in [2.05, 4.69) is 62.4 Å². The van der Waals surface area contributed by atoms with E-state index in [1.165, 1.54) is 12.8 Å². The van der Waals surface area contributed by atoms with E-state index < -0.39 is 0 Å². The van der Waals surface area contributed by atoms with Crippen LogP contribution >= 0.6 is 0 Å². The summed E-state index contributed by atoms with van der Waals surface area (Å²) in [6.45, 7) is 15.6. The number of nitrogens with zero attached hydrogens (tertiary/aromatic N) is 2. The Morgan fingerprint density at radius 2 is 1.59 bits per heavy atom. The standard InChI is InChI=1S/C33H52N4O4/c1-25(2)10-8-18-32(3,4)41-23-19-33(5,6)40-22-9-20-35-31(39)27-12-14-28(15-13-27)36-37-29-24-26(17-21-34-7)11-16-30(29)38/h11-16,24-25,34,38H,8-10,17-23H2,1-7H3,(H,35,39). The molecule has 8 nitrogen and oxygen atoms in total. The minimum absolute atomic E-state index is 0.0788. The molecule has 0 saturated carbocycles. The van der Waals surface area contributed by atoms with Crippen molar-refractivity contribution >= 4 is 17.3 Å². The van der Waals surface area contributed by atoms with Gasteiger partial charge in [0.05, 0.1) is 23.5 Å². The summed E-state index contributed by atoms with van der Waals surface area (Å²) in [4.78, 5) is 12.6.